The maximum atomic E-state index is 5.85. The minimum Gasteiger partial charge on any atom is -0.490 e. The molecule has 0 atom stereocenters. The first-order valence-electron chi connectivity index (χ1n) is 5.32. The van der Waals surface area contributed by atoms with Gasteiger partial charge in [0.2, 0.25) is 0 Å². The Morgan fingerprint density at radius 1 is 1.00 bits per heavy atom. The van der Waals surface area contributed by atoms with E-state index in [1.165, 1.54) is 0 Å². The Bertz CT molecular complexity index is 265. The van der Waals surface area contributed by atoms with Crippen molar-refractivity contribution < 1.29 is 4.74 Å². The van der Waals surface area contributed by atoms with E-state index in [-0.39, 0.29) is 0 Å². The molecule has 0 spiro atoms. The third-order valence-electron chi connectivity index (χ3n) is 2.76. The predicted molar refractivity (Wildman–Crippen MR) is 57.3 cm³/mol. The third-order valence-corrected chi connectivity index (χ3v) is 2.76. The fraction of sp³-hybridized carbons (Fsp3) is 0.500. The van der Waals surface area contributed by atoms with Crippen LogP contribution in [0.15, 0.2) is 30.3 Å². The van der Waals surface area contributed by atoms with Crippen LogP contribution in [0.3, 0.4) is 0 Å². The minimum absolute atomic E-state index is 0.372. The smallest absolute Gasteiger partial charge is 0.119 e. The van der Waals surface area contributed by atoms with Gasteiger partial charge >= 0.3 is 0 Å². The van der Waals surface area contributed by atoms with Crippen molar-refractivity contribution in [2.75, 3.05) is 0 Å². The monoisotopic (exact) mass is 191 g/mol. The highest BCUT2D eigenvalue weighted by atomic mass is 16.5. The van der Waals surface area contributed by atoms with Crippen LogP contribution in [0.5, 0.6) is 5.75 Å². The summed E-state index contributed by atoms with van der Waals surface area (Å²) in [5, 5.41) is 0. The highest BCUT2D eigenvalue weighted by Gasteiger charge is 2.19. The van der Waals surface area contributed by atoms with Gasteiger partial charge < -0.3 is 10.5 Å². The Kier molecular flexibility index (Phi) is 3.04. The minimum atomic E-state index is 0.372. The molecule has 1 aromatic rings. The second kappa shape index (κ2) is 4.47. The Labute approximate surface area is 85.1 Å². The van der Waals surface area contributed by atoms with Gasteiger partial charge in [0, 0.05) is 6.04 Å². The van der Waals surface area contributed by atoms with E-state index >= 15 is 0 Å². The van der Waals surface area contributed by atoms with Crippen molar-refractivity contribution in [2.24, 2.45) is 5.73 Å². The van der Waals surface area contributed by atoms with Crippen molar-refractivity contribution in [3.8, 4) is 5.75 Å². The number of para-hydroxylation sites is 1. The Balaban J connectivity index is 1.87. The molecular formula is C12H17NO. The van der Waals surface area contributed by atoms with Crippen LogP contribution in [0.25, 0.3) is 0 Å². The van der Waals surface area contributed by atoms with E-state index < -0.39 is 0 Å². The van der Waals surface area contributed by atoms with Crippen molar-refractivity contribution >= 4 is 0 Å². The van der Waals surface area contributed by atoms with Gasteiger partial charge in [-0.05, 0) is 37.8 Å². The molecule has 0 amide bonds. The maximum Gasteiger partial charge on any atom is 0.119 e. The van der Waals surface area contributed by atoms with Crippen molar-refractivity contribution in [1.29, 1.82) is 0 Å². The molecule has 0 saturated heterocycles. The fourth-order valence-electron chi connectivity index (χ4n) is 1.90. The van der Waals surface area contributed by atoms with E-state index in [1.807, 2.05) is 30.3 Å². The summed E-state index contributed by atoms with van der Waals surface area (Å²) < 4.78 is 5.85. The lowest BCUT2D eigenvalue weighted by atomic mass is 9.94. The average Bonchev–Trinajstić information content (AvgIpc) is 2.23. The Morgan fingerprint density at radius 3 is 2.29 bits per heavy atom. The van der Waals surface area contributed by atoms with Crippen molar-refractivity contribution in [3.05, 3.63) is 30.3 Å². The first-order valence-corrected chi connectivity index (χ1v) is 5.32. The lowest BCUT2D eigenvalue weighted by molar-refractivity contribution is 0.147. The molecule has 14 heavy (non-hydrogen) atoms. The summed E-state index contributed by atoms with van der Waals surface area (Å²) in [6, 6.07) is 10.4. The SMILES string of the molecule is NC1CCC(Oc2ccccc2)CC1. The highest BCUT2D eigenvalue weighted by molar-refractivity contribution is 5.21. The summed E-state index contributed by atoms with van der Waals surface area (Å²) in [7, 11) is 0. The molecule has 2 heteroatoms. The van der Waals surface area contributed by atoms with Gasteiger partial charge in [-0.25, -0.2) is 0 Å². The molecule has 0 unspecified atom stereocenters. The van der Waals surface area contributed by atoms with Crippen molar-refractivity contribution in [3.63, 3.8) is 0 Å². The summed E-state index contributed by atoms with van der Waals surface area (Å²) >= 11 is 0. The standard InChI is InChI=1S/C12H17NO/c13-10-6-8-12(9-7-10)14-11-4-2-1-3-5-11/h1-5,10,12H,6-9,13H2. The van der Waals surface area contributed by atoms with E-state index in [4.69, 9.17) is 10.5 Å². The van der Waals surface area contributed by atoms with Gasteiger partial charge in [-0.1, -0.05) is 18.2 Å². The molecule has 2 N–H and O–H groups in total. The van der Waals surface area contributed by atoms with E-state index in [2.05, 4.69) is 0 Å². The topological polar surface area (TPSA) is 35.2 Å². The van der Waals surface area contributed by atoms with Gasteiger partial charge in [0.05, 0.1) is 6.10 Å². The molecule has 76 valence electrons. The van der Waals surface area contributed by atoms with Gasteiger partial charge in [-0.15, -0.1) is 0 Å². The van der Waals surface area contributed by atoms with Crippen molar-refractivity contribution in [2.45, 2.75) is 37.8 Å². The van der Waals surface area contributed by atoms with Gasteiger partial charge in [-0.3, -0.25) is 0 Å². The Hall–Kier alpha value is -1.02. The molecule has 2 rings (SSSR count). The number of hydrogen-bond acceptors (Lipinski definition) is 2. The van der Waals surface area contributed by atoms with Crippen LogP contribution < -0.4 is 10.5 Å². The van der Waals surface area contributed by atoms with E-state index in [0.717, 1.165) is 31.4 Å². The van der Waals surface area contributed by atoms with Crippen LogP contribution >= 0.6 is 0 Å². The van der Waals surface area contributed by atoms with Crippen LogP contribution in [-0.2, 0) is 0 Å². The molecule has 0 heterocycles. The zero-order valence-corrected chi connectivity index (χ0v) is 8.36. The predicted octanol–water partition coefficient (Wildman–Crippen LogP) is 2.34. The molecule has 1 aliphatic carbocycles. The molecular weight excluding hydrogens is 174 g/mol. The second-order valence-corrected chi connectivity index (χ2v) is 3.97. The molecule has 0 aromatic heterocycles. The molecule has 2 nitrogen and oxygen atoms in total. The van der Waals surface area contributed by atoms with E-state index in [1.54, 1.807) is 0 Å². The van der Waals surface area contributed by atoms with Gasteiger partial charge in [0.1, 0.15) is 5.75 Å². The normalized spacial score (nSPS) is 27.2. The zero-order valence-electron chi connectivity index (χ0n) is 8.36. The van der Waals surface area contributed by atoms with Gasteiger partial charge in [-0.2, -0.15) is 0 Å². The fourth-order valence-corrected chi connectivity index (χ4v) is 1.90. The molecule has 1 saturated carbocycles. The summed E-state index contributed by atoms with van der Waals surface area (Å²) in [6.45, 7) is 0. The van der Waals surface area contributed by atoms with Gasteiger partial charge in [0.25, 0.3) is 0 Å². The van der Waals surface area contributed by atoms with Gasteiger partial charge in [0.15, 0.2) is 0 Å². The first-order chi connectivity index (χ1) is 6.84. The number of rotatable bonds is 2. The van der Waals surface area contributed by atoms with E-state index in [9.17, 15) is 0 Å². The summed E-state index contributed by atoms with van der Waals surface area (Å²) in [5.41, 5.74) is 5.83. The summed E-state index contributed by atoms with van der Waals surface area (Å²) in [6.07, 6.45) is 4.75. The summed E-state index contributed by atoms with van der Waals surface area (Å²) in [5.74, 6) is 0.980. The molecule has 0 aliphatic heterocycles. The molecule has 1 aromatic carbocycles. The third kappa shape index (κ3) is 2.48. The zero-order chi connectivity index (χ0) is 9.80. The molecule has 0 bridgehead atoms. The molecule has 0 radical (unpaired) electrons. The van der Waals surface area contributed by atoms with Crippen LogP contribution in [0.1, 0.15) is 25.7 Å². The Morgan fingerprint density at radius 2 is 1.64 bits per heavy atom. The van der Waals surface area contributed by atoms with Crippen molar-refractivity contribution in [1.82, 2.24) is 0 Å². The van der Waals surface area contributed by atoms with Crippen LogP contribution in [0.4, 0.5) is 0 Å². The first kappa shape index (κ1) is 9.53. The number of benzene rings is 1. The highest BCUT2D eigenvalue weighted by Crippen LogP contribution is 2.22. The molecule has 1 fully saturated rings. The lowest BCUT2D eigenvalue weighted by Crippen LogP contribution is -2.31. The number of nitrogens with two attached hydrogens (primary N) is 1. The summed E-state index contributed by atoms with van der Waals surface area (Å²) in [4.78, 5) is 0. The average molecular weight is 191 g/mol. The van der Waals surface area contributed by atoms with Crippen LogP contribution in [0.2, 0.25) is 0 Å². The number of ether oxygens (including phenoxy) is 1. The lowest BCUT2D eigenvalue weighted by Gasteiger charge is -2.26. The largest absolute Gasteiger partial charge is 0.490 e. The quantitative estimate of drug-likeness (QED) is 0.778. The molecule has 1 aliphatic rings. The maximum absolute atomic E-state index is 5.85. The second-order valence-electron chi connectivity index (χ2n) is 3.97. The number of hydrogen-bond donors (Lipinski definition) is 1. The van der Waals surface area contributed by atoms with Crippen LogP contribution in [-0.4, -0.2) is 12.1 Å². The van der Waals surface area contributed by atoms with Crippen LogP contribution in [0, 0.1) is 0 Å². The van der Waals surface area contributed by atoms with E-state index in [0.29, 0.717) is 12.1 Å².